The van der Waals surface area contributed by atoms with Crippen molar-refractivity contribution < 1.29 is 23.8 Å². The Morgan fingerprint density at radius 2 is 1.61 bits per heavy atom. The van der Waals surface area contributed by atoms with Gasteiger partial charge < -0.3 is 14.2 Å². The molecular formula is C13H22O5. The van der Waals surface area contributed by atoms with Gasteiger partial charge in [0.15, 0.2) is 0 Å². The van der Waals surface area contributed by atoms with E-state index in [2.05, 4.69) is 0 Å². The molecule has 0 spiro atoms. The van der Waals surface area contributed by atoms with Crippen LogP contribution in [0.5, 0.6) is 0 Å². The van der Waals surface area contributed by atoms with E-state index >= 15 is 0 Å². The number of carbonyl (C=O) groups excluding carboxylic acids is 2. The molecule has 0 unspecified atom stereocenters. The molecule has 104 valence electrons. The Kier molecular flexibility index (Phi) is 5.14. The Balaban J connectivity index is 2.94. The summed E-state index contributed by atoms with van der Waals surface area (Å²) in [4.78, 5) is 24.1. The monoisotopic (exact) mass is 258 g/mol. The summed E-state index contributed by atoms with van der Waals surface area (Å²) in [7, 11) is 0. The molecule has 0 amide bonds. The molecule has 0 aromatic rings. The van der Waals surface area contributed by atoms with Crippen LogP contribution in [0.4, 0.5) is 0 Å². The molecule has 1 aliphatic rings. The quantitative estimate of drug-likeness (QED) is 0.565. The zero-order valence-electron chi connectivity index (χ0n) is 11.5. The summed E-state index contributed by atoms with van der Waals surface area (Å²) >= 11 is 0. The molecule has 0 saturated carbocycles. The zero-order valence-corrected chi connectivity index (χ0v) is 11.5. The van der Waals surface area contributed by atoms with E-state index in [-0.39, 0.29) is 19.1 Å². The Hall–Kier alpha value is -1.10. The van der Waals surface area contributed by atoms with Crippen LogP contribution < -0.4 is 0 Å². The fraction of sp³-hybridized carbons (Fsp3) is 0.846. The van der Waals surface area contributed by atoms with Crippen molar-refractivity contribution in [1.82, 2.24) is 0 Å². The highest BCUT2D eigenvalue weighted by atomic mass is 16.6. The van der Waals surface area contributed by atoms with Crippen LogP contribution >= 0.6 is 0 Å². The van der Waals surface area contributed by atoms with E-state index < -0.39 is 17.5 Å². The molecule has 0 aromatic carbocycles. The summed E-state index contributed by atoms with van der Waals surface area (Å²) in [6.45, 7) is 8.22. The fourth-order valence-electron chi connectivity index (χ4n) is 2.01. The molecule has 1 heterocycles. The predicted octanol–water partition coefficient (Wildman–Crippen LogP) is 1.54. The van der Waals surface area contributed by atoms with Gasteiger partial charge in [0.2, 0.25) is 0 Å². The highest BCUT2D eigenvalue weighted by molar-refractivity contribution is 6.03. The van der Waals surface area contributed by atoms with E-state index in [0.29, 0.717) is 18.9 Å². The maximum Gasteiger partial charge on any atom is 0.350 e. The normalized spacial score (nSPS) is 26.4. The Morgan fingerprint density at radius 1 is 1.11 bits per heavy atom. The van der Waals surface area contributed by atoms with Gasteiger partial charge in [-0.3, -0.25) is 0 Å². The fourth-order valence-corrected chi connectivity index (χ4v) is 2.01. The standard InChI is InChI=1S/C13H22O5/c1-5-16-11(14)13(12(15)17-6-2)7-9(3)10(4)8-18-13/h9-10H,5-8H2,1-4H3/t9-,10+/m0/s1. The van der Waals surface area contributed by atoms with E-state index in [1.54, 1.807) is 13.8 Å². The minimum atomic E-state index is -1.57. The van der Waals surface area contributed by atoms with Crippen molar-refractivity contribution in [1.29, 1.82) is 0 Å². The third kappa shape index (κ3) is 2.83. The average molecular weight is 258 g/mol. The van der Waals surface area contributed by atoms with Crippen LogP contribution in [0.3, 0.4) is 0 Å². The third-order valence-electron chi connectivity index (χ3n) is 3.38. The van der Waals surface area contributed by atoms with E-state index in [9.17, 15) is 9.59 Å². The first-order chi connectivity index (χ1) is 8.47. The van der Waals surface area contributed by atoms with E-state index in [1.807, 2.05) is 13.8 Å². The van der Waals surface area contributed by atoms with Gasteiger partial charge in [-0.15, -0.1) is 0 Å². The molecular weight excluding hydrogens is 236 g/mol. The molecule has 1 saturated heterocycles. The highest BCUT2D eigenvalue weighted by Crippen LogP contribution is 2.34. The van der Waals surface area contributed by atoms with Gasteiger partial charge in [-0.25, -0.2) is 9.59 Å². The van der Waals surface area contributed by atoms with Crippen LogP contribution in [-0.4, -0.2) is 37.4 Å². The second-order valence-electron chi connectivity index (χ2n) is 4.74. The summed E-state index contributed by atoms with van der Waals surface area (Å²) in [5, 5.41) is 0. The van der Waals surface area contributed by atoms with E-state index in [1.165, 1.54) is 0 Å². The van der Waals surface area contributed by atoms with Crippen molar-refractivity contribution in [3.05, 3.63) is 0 Å². The first-order valence-electron chi connectivity index (χ1n) is 6.46. The molecule has 1 aliphatic heterocycles. The van der Waals surface area contributed by atoms with Crippen molar-refractivity contribution in [2.24, 2.45) is 11.8 Å². The molecule has 2 atom stereocenters. The van der Waals surface area contributed by atoms with Gasteiger partial charge >= 0.3 is 11.9 Å². The summed E-state index contributed by atoms with van der Waals surface area (Å²) < 4.78 is 15.5. The van der Waals surface area contributed by atoms with Gasteiger partial charge in [-0.1, -0.05) is 13.8 Å². The minimum absolute atomic E-state index is 0.201. The maximum atomic E-state index is 12.0. The highest BCUT2D eigenvalue weighted by Gasteiger charge is 2.54. The molecule has 1 fully saturated rings. The number of esters is 2. The summed E-state index contributed by atoms with van der Waals surface area (Å²) in [6, 6.07) is 0. The van der Waals surface area contributed by atoms with Gasteiger partial charge in [0.05, 0.1) is 19.8 Å². The molecule has 0 radical (unpaired) electrons. The summed E-state index contributed by atoms with van der Waals surface area (Å²) in [6.07, 6.45) is 0.311. The molecule has 0 N–H and O–H groups in total. The Bertz CT molecular complexity index is 295. The second kappa shape index (κ2) is 6.18. The minimum Gasteiger partial charge on any atom is -0.463 e. The van der Waals surface area contributed by atoms with Gasteiger partial charge in [0.1, 0.15) is 0 Å². The molecule has 1 rings (SSSR count). The maximum absolute atomic E-state index is 12.0. The molecule has 0 aromatic heterocycles. The summed E-state index contributed by atoms with van der Waals surface area (Å²) in [5.74, 6) is -0.765. The van der Waals surface area contributed by atoms with Gasteiger partial charge in [-0.05, 0) is 25.7 Å². The van der Waals surface area contributed by atoms with E-state index in [4.69, 9.17) is 14.2 Å². The Labute approximate surface area is 108 Å². The van der Waals surface area contributed by atoms with Gasteiger partial charge in [-0.2, -0.15) is 0 Å². The van der Waals surface area contributed by atoms with Crippen molar-refractivity contribution in [2.75, 3.05) is 19.8 Å². The second-order valence-corrected chi connectivity index (χ2v) is 4.74. The molecule has 5 nitrogen and oxygen atoms in total. The van der Waals surface area contributed by atoms with Crippen LogP contribution in [0.2, 0.25) is 0 Å². The lowest BCUT2D eigenvalue weighted by molar-refractivity contribution is -0.203. The summed E-state index contributed by atoms with van der Waals surface area (Å²) in [5.41, 5.74) is -1.57. The number of carbonyl (C=O) groups is 2. The van der Waals surface area contributed by atoms with E-state index in [0.717, 1.165) is 0 Å². The number of hydrogen-bond donors (Lipinski definition) is 0. The van der Waals surface area contributed by atoms with Crippen LogP contribution in [0, 0.1) is 11.8 Å². The van der Waals surface area contributed by atoms with Crippen molar-refractivity contribution in [3.8, 4) is 0 Å². The number of hydrogen-bond acceptors (Lipinski definition) is 5. The first kappa shape index (κ1) is 15.0. The zero-order chi connectivity index (χ0) is 13.8. The molecule has 0 bridgehead atoms. The predicted molar refractivity (Wildman–Crippen MR) is 64.9 cm³/mol. The SMILES string of the molecule is CCOC(=O)C1(C(=O)OCC)C[C@H](C)[C@H](C)CO1. The van der Waals surface area contributed by atoms with Gasteiger partial charge in [0.25, 0.3) is 5.60 Å². The van der Waals surface area contributed by atoms with Crippen LogP contribution in [0.1, 0.15) is 34.1 Å². The van der Waals surface area contributed by atoms with Gasteiger partial charge in [0, 0.05) is 6.42 Å². The first-order valence-corrected chi connectivity index (χ1v) is 6.46. The average Bonchev–Trinajstić information content (AvgIpc) is 2.33. The smallest absolute Gasteiger partial charge is 0.350 e. The topological polar surface area (TPSA) is 61.8 Å². The lowest BCUT2D eigenvalue weighted by atomic mass is 9.81. The lowest BCUT2D eigenvalue weighted by Gasteiger charge is -2.38. The largest absolute Gasteiger partial charge is 0.463 e. The van der Waals surface area contributed by atoms with Crippen LogP contribution in [0.15, 0.2) is 0 Å². The van der Waals surface area contributed by atoms with Crippen LogP contribution in [-0.2, 0) is 23.8 Å². The molecule has 18 heavy (non-hydrogen) atoms. The lowest BCUT2D eigenvalue weighted by Crippen LogP contribution is -2.56. The Morgan fingerprint density at radius 3 is 2.00 bits per heavy atom. The number of rotatable bonds is 4. The van der Waals surface area contributed by atoms with Crippen molar-refractivity contribution in [2.45, 2.75) is 39.7 Å². The number of ether oxygens (including phenoxy) is 3. The van der Waals surface area contributed by atoms with Crippen molar-refractivity contribution >= 4 is 11.9 Å². The van der Waals surface area contributed by atoms with Crippen molar-refractivity contribution in [3.63, 3.8) is 0 Å². The molecule has 5 heteroatoms. The molecule has 0 aliphatic carbocycles. The third-order valence-corrected chi connectivity index (χ3v) is 3.38. The van der Waals surface area contributed by atoms with Crippen LogP contribution in [0.25, 0.3) is 0 Å².